The molecule has 5 nitrogen and oxygen atoms in total. The zero-order chi connectivity index (χ0) is 16.2. The second-order valence-electron chi connectivity index (χ2n) is 4.90. The maximum atomic E-state index is 12.5. The van der Waals surface area contributed by atoms with Crippen molar-refractivity contribution in [2.75, 3.05) is 12.0 Å². The fourth-order valence-electron chi connectivity index (χ4n) is 2.26. The van der Waals surface area contributed by atoms with Crippen molar-refractivity contribution in [3.8, 4) is 0 Å². The summed E-state index contributed by atoms with van der Waals surface area (Å²) >= 11 is 6.55. The summed E-state index contributed by atoms with van der Waals surface area (Å²) < 4.78 is 2.87. The van der Waals surface area contributed by atoms with Crippen LogP contribution in [0.3, 0.4) is 0 Å². The van der Waals surface area contributed by atoms with Crippen LogP contribution in [0.15, 0.2) is 40.3 Å². The maximum Gasteiger partial charge on any atom is 0.261 e. The van der Waals surface area contributed by atoms with Crippen LogP contribution in [0.5, 0.6) is 0 Å². The standard InChI is InChI=1S/C15H15BrN4OS2/c1-22-9-7-10(17-15(21)11-5-6-12(16)23-11)14-19-18-13-4-2-3-8-20(13)14/h2-6,8,10H,7,9H2,1H3,(H,17,21). The van der Waals surface area contributed by atoms with Gasteiger partial charge in [-0.05, 0) is 58.6 Å². The third-order valence-electron chi connectivity index (χ3n) is 3.36. The minimum Gasteiger partial charge on any atom is -0.341 e. The lowest BCUT2D eigenvalue weighted by Gasteiger charge is -2.16. The Hall–Kier alpha value is -1.38. The van der Waals surface area contributed by atoms with Gasteiger partial charge in [0.25, 0.3) is 5.91 Å². The molecule has 3 heterocycles. The molecule has 23 heavy (non-hydrogen) atoms. The predicted octanol–water partition coefficient (Wildman–Crippen LogP) is 3.78. The summed E-state index contributed by atoms with van der Waals surface area (Å²) in [5, 5.41) is 11.6. The second-order valence-corrected chi connectivity index (χ2v) is 8.35. The number of hydrogen-bond donors (Lipinski definition) is 1. The number of carbonyl (C=O) groups excluding carboxylic acids is 1. The lowest BCUT2D eigenvalue weighted by atomic mass is 10.2. The third-order valence-corrected chi connectivity index (χ3v) is 5.63. The van der Waals surface area contributed by atoms with Crippen LogP contribution in [0.1, 0.15) is 28.0 Å². The number of pyridine rings is 1. The van der Waals surface area contributed by atoms with E-state index < -0.39 is 0 Å². The number of fused-ring (bicyclic) bond motifs is 1. The van der Waals surface area contributed by atoms with E-state index in [1.807, 2.05) is 40.9 Å². The summed E-state index contributed by atoms with van der Waals surface area (Å²) in [6.45, 7) is 0. The van der Waals surface area contributed by atoms with Gasteiger partial charge in [-0.15, -0.1) is 21.5 Å². The monoisotopic (exact) mass is 410 g/mol. The van der Waals surface area contributed by atoms with E-state index in [-0.39, 0.29) is 11.9 Å². The minimum atomic E-state index is -0.173. The van der Waals surface area contributed by atoms with Gasteiger partial charge in [0.1, 0.15) is 0 Å². The molecule has 0 saturated carbocycles. The van der Waals surface area contributed by atoms with Crippen molar-refractivity contribution in [2.24, 2.45) is 0 Å². The molecule has 0 radical (unpaired) electrons. The Labute approximate surface area is 150 Å². The molecule has 1 atom stereocenters. The van der Waals surface area contributed by atoms with Crippen molar-refractivity contribution in [3.63, 3.8) is 0 Å². The van der Waals surface area contributed by atoms with E-state index in [0.717, 1.165) is 27.4 Å². The van der Waals surface area contributed by atoms with Crippen molar-refractivity contribution < 1.29 is 4.79 Å². The molecule has 0 aliphatic rings. The van der Waals surface area contributed by atoms with E-state index in [1.54, 1.807) is 11.8 Å². The first-order chi connectivity index (χ1) is 11.2. The Balaban J connectivity index is 1.87. The molecule has 0 aromatic carbocycles. The highest BCUT2D eigenvalue weighted by Crippen LogP contribution is 2.24. The second kappa shape index (κ2) is 7.46. The Kier molecular flexibility index (Phi) is 5.34. The quantitative estimate of drug-likeness (QED) is 0.671. The van der Waals surface area contributed by atoms with Crippen LogP contribution in [-0.4, -0.2) is 32.5 Å². The van der Waals surface area contributed by atoms with E-state index in [2.05, 4.69) is 37.7 Å². The zero-order valence-corrected chi connectivity index (χ0v) is 15.6. The van der Waals surface area contributed by atoms with Gasteiger partial charge in [0.2, 0.25) is 0 Å². The number of aromatic nitrogens is 3. The molecule has 0 aliphatic carbocycles. The summed E-state index contributed by atoms with van der Waals surface area (Å²) in [7, 11) is 0. The number of nitrogens with one attached hydrogen (secondary N) is 1. The summed E-state index contributed by atoms with van der Waals surface area (Å²) in [5.41, 5.74) is 0.782. The number of rotatable bonds is 6. The van der Waals surface area contributed by atoms with Gasteiger partial charge in [-0.25, -0.2) is 0 Å². The maximum absolute atomic E-state index is 12.5. The molecule has 0 bridgehead atoms. The lowest BCUT2D eigenvalue weighted by molar-refractivity contribution is 0.0938. The smallest absolute Gasteiger partial charge is 0.261 e. The van der Waals surface area contributed by atoms with E-state index in [4.69, 9.17) is 0 Å². The van der Waals surface area contributed by atoms with Crippen LogP contribution < -0.4 is 5.32 Å². The van der Waals surface area contributed by atoms with Crippen molar-refractivity contribution in [2.45, 2.75) is 12.5 Å². The first-order valence-electron chi connectivity index (χ1n) is 7.04. The molecular weight excluding hydrogens is 396 g/mol. The highest BCUT2D eigenvalue weighted by atomic mass is 79.9. The number of carbonyl (C=O) groups is 1. The molecule has 1 N–H and O–H groups in total. The molecule has 0 spiro atoms. The first kappa shape index (κ1) is 16.5. The molecular formula is C15H15BrN4OS2. The highest BCUT2D eigenvalue weighted by Gasteiger charge is 2.21. The van der Waals surface area contributed by atoms with E-state index in [1.165, 1.54) is 11.3 Å². The first-order valence-corrected chi connectivity index (χ1v) is 10.0. The van der Waals surface area contributed by atoms with Gasteiger partial charge >= 0.3 is 0 Å². The number of amides is 1. The SMILES string of the molecule is CSCCC(NC(=O)c1ccc(Br)s1)c1nnc2ccccn12. The fourth-order valence-corrected chi connectivity index (χ4v) is 4.03. The van der Waals surface area contributed by atoms with Crippen LogP contribution >= 0.6 is 39.0 Å². The van der Waals surface area contributed by atoms with Gasteiger partial charge in [-0.1, -0.05) is 6.07 Å². The molecule has 3 rings (SSSR count). The Bertz CT molecular complexity index is 817. The highest BCUT2D eigenvalue weighted by molar-refractivity contribution is 9.11. The Morgan fingerprint density at radius 2 is 2.26 bits per heavy atom. The predicted molar refractivity (Wildman–Crippen MR) is 98.2 cm³/mol. The molecule has 3 aromatic rings. The zero-order valence-electron chi connectivity index (χ0n) is 12.4. The number of nitrogens with zero attached hydrogens (tertiary/aromatic N) is 3. The molecule has 0 aliphatic heterocycles. The van der Waals surface area contributed by atoms with Crippen LogP contribution in [0.25, 0.3) is 5.65 Å². The molecule has 0 saturated heterocycles. The van der Waals surface area contributed by atoms with Crippen molar-refractivity contribution >= 4 is 50.6 Å². The molecule has 120 valence electrons. The molecule has 3 aromatic heterocycles. The Morgan fingerprint density at radius 1 is 1.39 bits per heavy atom. The van der Waals surface area contributed by atoms with E-state index in [9.17, 15) is 4.79 Å². The summed E-state index contributed by atoms with van der Waals surface area (Å²) in [6, 6.07) is 9.28. The number of thiophene rings is 1. The van der Waals surface area contributed by atoms with Gasteiger partial charge in [0.05, 0.1) is 14.7 Å². The van der Waals surface area contributed by atoms with Crippen LogP contribution in [-0.2, 0) is 0 Å². The van der Waals surface area contributed by atoms with Crippen molar-refractivity contribution in [1.29, 1.82) is 0 Å². The van der Waals surface area contributed by atoms with Crippen LogP contribution in [0, 0.1) is 0 Å². The summed E-state index contributed by atoms with van der Waals surface area (Å²) in [6.07, 6.45) is 4.77. The van der Waals surface area contributed by atoms with Gasteiger partial charge < -0.3 is 5.32 Å². The Morgan fingerprint density at radius 3 is 3.00 bits per heavy atom. The minimum absolute atomic E-state index is 0.0838. The van der Waals surface area contributed by atoms with Crippen LogP contribution in [0.2, 0.25) is 0 Å². The number of halogens is 1. The fraction of sp³-hybridized carbons (Fsp3) is 0.267. The summed E-state index contributed by atoms with van der Waals surface area (Å²) in [4.78, 5) is 13.2. The lowest BCUT2D eigenvalue weighted by Crippen LogP contribution is -2.29. The van der Waals surface area contributed by atoms with Gasteiger partial charge in [0, 0.05) is 6.20 Å². The largest absolute Gasteiger partial charge is 0.341 e. The van der Waals surface area contributed by atoms with Gasteiger partial charge in [0.15, 0.2) is 11.5 Å². The van der Waals surface area contributed by atoms with Crippen molar-refractivity contribution in [1.82, 2.24) is 19.9 Å². The van der Waals surface area contributed by atoms with Gasteiger partial charge in [-0.2, -0.15) is 11.8 Å². The average molecular weight is 411 g/mol. The van der Waals surface area contributed by atoms with Gasteiger partial charge in [-0.3, -0.25) is 9.20 Å². The van der Waals surface area contributed by atoms with E-state index in [0.29, 0.717) is 4.88 Å². The molecule has 1 unspecified atom stereocenters. The summed E-state index contributed by atoms with van der Waals surface area (Å²) in [5.74, 6) is 1.61. The number of hydrogen-bond acceptors (Lipinski definition) is 5. The topological polar surface area (TPSA) is 59.3 Å². The molecule has 1 amide bonds. The third kappa shape index (κ3) is 3.76. The molecule has 0 fully saturated rings. The van der Waals surface area contributed by atoms with Crippen LogP contribution in [0.4, 0.5) is 0 Å². The van der Waals surface area contributed by atoms with Crippen molar-refractivity contribution in [3.05, 3.63) is 51.0 Å². The molecule has 8 heteroatoms. The average Bonchev–Trinajstić information content (AvgIpc) is 3.17. The normalized spacial score (nSPS) is 12.4. The van der Waals surface area contributed by atoms with E-state index >= 15 is 0 Å². The number of thioether (sulfide) groups is 1.